The van der Waals surface area contributed by atoms with Gasteiger partial charge >= 0.3 is 11.9 Å². The van der Waals surface area contributed by atoms with Crippen LogP contribution in [0.2, 0.25) is 36.3 Å². The molecular formula is C52H95NO14Si2. The fourth-order valence-corrected chi connectivity index (χ4v) is 11.9. The number of cyclic esters (lactones) is 1. The molecular weight excluding hydrogens is 919 g/mol. The molecule has 0 aliphatic carbocycles. The maximum Gasteiger partial charge on any atom is 0.308 e. The van der Waals surface area contributed by atoms with Gasteiger partial charge in [0, 0.05) is 33.5 Å². The van der Waals surface area contributed by atoms with Gasteiger partial charge in [0.25, 0.3) is 0 Å². The van der Waals surface area contributed by atoms with Crippen LogP contribution < -0.4 is 0 Å². The number of esters is 2. The predicted molar refractivity (Wildman–Crippen MR) is 271 cm³/mol. The molecule has 3 saturated heterocycles. The maximum absolute atomic E-state index is 13.9. The predicted octanol–water partition coefficient (Wildman–Crippen LogP) is 8.92. The molecule has 2 bridgehead atoms. The van der Waals surface area contributed by atoms with E-state index in [4.69, 9.17) is 51.5 Å². The Hall–Kier alpha value is -1.59. The molecule has 0 aromatic rings. The lowest BCUT2D eigenvalue weighted by Gasteiger charge is -2.51. The zero-order chi connectivity index (χ0) is 52.2. The number of methoxy groups -OCH3 is 2. The van der Waals surface area contributed by atoms with Crippen molar-refractivity contribution in [2.24, 2.45) is 17.8 Å². The van der Waals surface area contributed by atoms with E-state index in [1.807, 2.05) is 64.9 Å². The number of aliphatic hydroxyl groups is 1. The summed E-state index contributed by atoms with van der Waals surface area (Å²) in [5, 5.41) is 12.4. The van der Waals surface area contributed by atoms with Gasteiger partial charge in [-0.2, -0.15) is 0 Å². The summed E-state index contributed by atoms with van der Waals surface area (Å²) in [6.07, 6.45) is 0.513. The molecule has 0 aromatic heterocycles. The highest BCUT2D eigenvalue weighted by molar-refractivity contribution is 6.74. The second kappa shape index (κ2) is 24.2. The van der Waals surface area contributed by atoms with E-state index >= 15 is 0 Å². The minimum absolute atomic E-state index is 0.0215. The number of carbonyl (C=O) groups is 2. The van der Waals surface area contributed by atoms with Crippen molar-refractivity contribution < 1.29 is 66.2 Å². The van der Waals surface area contributed by atoms with Crippen molar-refractivity contribution >= 4 is 28.6 Å². The molecule has 4 aliphatic heterocycles. The Labute approximate surface area is 418 Å². The van der Waals surface area contributed by atoms with Gasteiger partial charge in [-0.25, -0.2) is 0 Å². The van der Waals surface area contributed by atoms with Gasteiger partial charge in [0.05, 0.1) is 48.9 Å². The molecule has 4 heterocycles. The largest absolute Gasteiger partial charge is 0.462 e. The third-order valence-corrected chi connectivity index (χ3v) is 24.7. The number of likely N-dealkylation sites (N-methyl/N-ethyl adjacent to an activating group) is 1. The number of allylic oxidation sites excluding steroid dienone is 2. The van der Waals surface area contributed by atoms with Crippen molar-refractivity contribution in [1.82, 2.24) is 4.90 Å². The average Bonchev–Trinajstić information content (AvgIpc) is 3.33. The Morgan fingerprint density at radius 2 is 1.46 bits per heavy atom. The number of hydrogen-bond donors (Lipinski definition) is 1. The normalized spacial score (nSPS) is 39.2. The van der Waals surface area contributed by atoms with Crippen LogP contribution >= 0.6 is 0 Å². The molecule has 4 rings (SSSR count). The van der Waals surface area contributed by atoms with Crippen molar-refractivity contribution in [3.63, 3.8) is 0 Å². The molecule has 69 heavy (non-hydrogen) atoms. The maximum atomic E-state index is 13.9. The van der Waals surface area contributed by atoms with Gasteiger partial charge in [-0.3, -0.25) is 9.59 Å². The monoisotopic (exact) mass is 1010 g/mol. The topological polar surface area (TPSA) is 159 Å². The van der Waals surface area contributed by atoms with Gasteiger partial charge in [-0.1, -0.05) is 86.6 Å². The van der Waals surface area contributed by atoms with Crippen LogP contribution in [0, 0.1) is 17.8 Å². The molecule has 0 radical (unpaired) electrons. The molecule has 17 heteroatoms. The summed E-state index contributed by atoms with van der Waals surface area (Å²) >= 11 is 0. The fraction of sp³-hybridized carbons (Fsp3) is 0.885. The van der Waals surface area contributed by atoms with E-state index in [1.54, 1.807) is 28.1 Å². The minimum atomic E-state index is -2.45. The van der Waals surface area contributed by atoms with Crippen molar-refractivity contribution in [3.8, 4) is 0 Å². The van der Waals surface area contributed by atoms with Crippen LogP contribution in [-0.4, -0.2) is 158 Å². The zero-order valence-corrected chi connectivity index (χ0v) is 48.4. The first kappa shape index (κ1) is 60.0. The molecule has 15 nitrogen and oxygen atoms in total. The summed E-state index contributed by atoms with van der Waals surface area (Å²) in [6, 6.07) is -0.628. The molecule has 0 saturated carbocycles. The van der Waals surface area contributed by atoms with Crippen LogP contribution in [-0.2, 0) is 61.1 Å². The number of rotatable bonds is 13. The lowest BCUT2D eigenvalue weighted by atomic mass is 9.83. The molecule has 1 N–H and O–H groups in total. The zero-order valence-electron chi connectivity index (χ0n) is 46.4. The summed E-state index contributed by atoms with van der Waals surface area (Å²) < 4.78 is 72.8. The molecule has 0 spiro atoms. The number of aliphatic hydroxyl groups excluding tert-OH is 1. The van der Waals surface area contributed by atoms with E-state index in [9.17, 15) is 14.7 Å². The Balaban J connectivity index is 1.79. The second-order valence-electron chi connectivity index (χ2n) is 24.1. The SMILES string of the molecule is CO[C@@H]1[C@@H](O[C@@H]2O[C@H](C)[C@@H](O[C@H]3C[C@@](C)(OC)[C@@H](OC(=O)C(C)C)[C@H](C)O3)[C@H](N(C)C)[C@H]2O)[C@H]2CC(O[Si](C)(C)C(C)(C)C)O[C@@H]1CC(=O)O[C@H](C)C/C=C/C=C/[C@H](O[Si](C)(C)C(C)(C)C)[C@H](C)C2. The lowest BCUT2D eigenvalue weighted by Crippen LogP contribution is -2.66. The first-order valence-electron chi connectivity index (χ1n) is 25.5. The quantitative estimate of drug-likeness (QED) is 0.138. The smallest absolute Gasteiger partial charge is 0.308 e. The molecule has 3 fully saturated rings. The second-order valence-corrected chi connectivity index (χ2v) is 33.7. The third kappa shape index (κ3) is 15.3. The van der Waals surface area contributed by atoms with Crippen LogP contribution in [0.4, 0.5) is 0 Å². The molecule has 4 aliphatic rings. The Kier molecular flexibility index (Phi) is 21.0. The first-order chi connectivity index (χ1) is 31.7. The van der Waals surface area contributed by atoms with Gasteiger partial charge < -0.3 is 61.5 Å². The van der Waals surface area contributed by atoms with Crippen molar-refractivity contribution in [3.05, 3.63) is 24.3 Å². The summed E-state index contributed by atoms with van der Waals surface area (Å²) in [7, 11) is 2.25. The van der Waals surface area contributed by atoms with Crippen LogP contribution in [0.25, 0.3) is 0 Å². The standard InChI is InChI=1S/C52H95NO14Si2/c1-31(2)48(56)65-47-35(6)60-41(30-52(47,13)58-17)63-44-34(5)61-49(43(55)42(44)53(14)15)64-45-36-27-32(3)37(66-68(18,19)50(7,8)9)26-24-22-23-25-33(4)59-39(54)29-38(46(45)57-16)62-40(28-36)67-69(20,21)51(10,11)12/h22-24,26,31-38,40-47,49,55H,25,27-30H2,1-21H3/b23-22+,26-24+/t32-,33-,34-,35+,36-,37+,38-,40?,41+,42-,43-,44-,45+,46+,47+,49+,52-/m1/s1. The summed E-state index contributed by atoms with van der Waals surface area (Å²) in [5.74, 6) is -1.39. The highest BCUT2D eigenvalue weighted by Crippen LogP contribution is 2.45. The van der Waals surface area contributed by atoms with Crippen LogP contribution in [0.15, 0.2) is 24.3 Å². The number of fused-ring (bicyclic) bond motifs is 3. The van der Waals surface area contributed by atoms with Gasteiger partial charge in [0.2, 0.25) is 0 Å². The van der Waals surface area contributed by atoms with E-state index in [0.29, 0.717) is 19.3 Å². The van der Waals surface area contributed by atoms with E-state index in [1.165, 1.54) is 0 Å². The average molecular weight is 1010 g/mol. The van der Waals surface area contributed by atoms with E-state index in [0.717, 1.165) is 0 Å². The Morgan fingerprint density at radius 3 is 2.03 bits per heavy atom. The van der Waals surface area contributed by atoms with Gasteiger partial charge in [-0.15, -0.1) is 0 Å². The van der Waals surface area contributed by atoms with Crippen molar-refractivity contribution in [1.29, 1.82) is 0 Å². The van der Waals surface area contributed by atoms with E-state index in [-0.39, 0.29) is 58.8 Å². The van der Waals surface area contributed by atoms with Crippen molar-refractivity contribution in [2.45, 2.75) is 250 Å². The van der Waals surface area contributed by atoms with E-state index < -0.39 is 102 Å². The van der Waals surface area contributed by atoms with Gasteiger partial charge in [0.1, 0.15) is 36.3 Å². The third-order valence-electron chi connectivity index (χ3n) is 15.8. The van der Waals surface area contributed by atoms with Gasteiger partial charge in [0.15, 0.2) is 35.3 Å². The number of nitrogens with zero attached hydrogens (tertiary/aromatic N) is 1. The van der Waals surface area contributed by atoms with E-state index in [2.05, 4.69) is 80.7 Å². The fourth-order valence-electron chi connectivity index (χ4n) is 9.42. The number of carbonyl (C=O) groups excluding carboxylic acids is 2. The highest BCUT2D eigenvalue weighted by Gasteiger charge is 2.55. The molecule has 1 unspecified atom stereocenters. The van der Waals surface area contributed by atoms with Crippen LogP contribution in [0.3, 0.4) is 0 Å². The van der Waals surface area contributed by atoms with Crippen LogP contribution in [0.1, 0.15) is 122 Å². The highest BCUT2D eigenvalue weighted by atomic mass is 28.4. The van der Waals surface area contributed by atoms with Crippen molar-refractivity contribution in [2.75, 3.05) is 28.3 Å². The lowest BCUT2D eigenvalue weighted by molar-refractivity contribution is -0.345. The summed E-state index contributed by atoms with van der Waals surface area (Å²) in [6.45, 7) is 35.6. The molecule has 400 valence electrons. The first-order valence-corrected chi connectivity index (χ1v) is 31.4. The number of ether oxygens (including phenoxy) is 9. The summed E-state index contributed by atoms with van der Waals surface area (Å²) in [4.78, 5) is 28.5. The minimum Gasteiger partial charge on any atom is -0.462 e. The van der Waals surface area contributed by atoms with Gasteiger partial charge in [-0.05, 0) is 96.3 Å². The molecule has 17 atom stereocenters. The molecule has 0 amide bonds. The Morgan fingerprint density at radius 1 is 0.841 bits per heavy atom. The number of hydrogen-bond acceptors (Lipinski definition) is 15. The molecule has 0 aromatic carbocycles. The Bertz CT molecular complexity index is 1710. The van der Waals surface area contributed by atoms with Crippen LogP contribution in [0.5, 0.6) is 0 Å². The summed E-state index contributed by atoms with van der Waals surface area (Å²) in [5.41, 5.74) is -0.919.